The number of aryl methyl sites for hydroxylation is 1. The van der Waals surface area contributed by atoms with E-state index in [0.717, 1.165) is 30.8 Å². The van der Waals surface area contributed by atoms with Gasteiger partial charge in [0.15, 0.2) is 0 Å². The van der Waals surface area contributed by atoms with E-state index in [2.05, 4.69) is 9.97 Å². The molecule has 0 unspecified atom stereocenters. The highest BCUT2D eigenvalue weighted by atomic mass is 16.5. The van der Waals surface area contributed by atoms with E-state index in [1.807, 2.05) is 0 Å². The van der Waals surface area contributed by atoms with Crippen LogP contribution in [0.4, 0.5) is 0 Å². The molecule has 4 nitrogen and oxygen atoms in total. The summed E-state index contributed by atoms with van der Waals surface area (Å²) in [6.07, 6.45) is 5.36. The van der Waals surface area contributed by atoms with Gasteiger partial charge in [0.25, 0.3) is 0 Å². The van der Waals surface area contributed by atoms with Crippen molar-refractivity contribution in [3.05, 3.63) is 23.8 Å². The number of aromatic nitrogens is 2. The lowest BCUT2D eigenvalue weighted by Gasteiger charge is -2.00. The van der Waals surface area contributed by atoms with Crippen LogP contribution in [-0.4, -0.2) is 23.7 Å². The highest BCUT2D eigenvalue weighted by molar-refractivity contribution is 5.04. The molecule has 4 heteroatoms. The third-order valence-corrected chi connectivity index (χ3v) is 1.74. The molecule has 0 amide bonds. The summed E-state index contributed by atoms with van der Waals surface area (Å²) in [7, 11) is 1.69. The number of ether oxygens (including phenoxy) is 1. The molecule has 13 heavy (non-hydrogen) atoms. The molecule has 1 aromatic heterocycles. The molecule has 0 aromatic carbocycles. The van der Waals surface area contributed by atoms with E-state index in [0.29, 0.717) is 6.54 Å². The van der Waals surface area contributed by atoms with E-state index in [1.54, 1.807) is 19.5 Å². The summed E-state index contributed by atoms with van der Waals surface area (Å²) in [5.41, 5.74) is 6.39. The maximum Gasteiger partial charge on any atom is 0.128 e. The summed E-state index contributed by atoms with van der Waals surface area (Å²) >= 11 is 0. The molecule has 0 aliphatic heterocycles. The molecule has 1 aromatic rings. The van der Waals surface area contributed by atoms with E-state index in [4.69, 9.17) is 10.5 Å². The van der Waals surface area contributed by atoms with Gasteiger partial charge in [-0.25, -0.2) is 9.97 Å². The van der Waals surface area contributed by atoms with Crippen molar-refractivity contribution in [1.82, 2.24) is 9.97 Å². The van der Waals surface area contributed by atoms with Crippen molar-refractivity contribution in [2.75, 3.05) is 13.7 Å². The average Bonchev–Trinajstić information content (AvgIpc) is 2.19. The maximum absolute atomic E-state index is 5.42. The van der Waals surface area contributed by atoms with E-state index < -0.39 is 0 Å². The van der Waals surface area contributed by atoms with E-state index in [1.165, 1.54) is 0 Å². The van der Waals surface area contributed by atoms with Gasteiger partial charge in [-0.15, -0.1) is 0 Å². The van der Waals surface area contributed by atoms with Gasteiger partial charge in [-0.3, -0.25) is 0 Å². The van der Waals surface area contributed by atoms with Gasteiger partial charge < -0.3 is 10.5 Å². The quantitative estimate of drug-likeness (QED) is 0.672. The molecule has 0 atom stereocenters. The zero-order valence-corrected chi connectivity index (χ0v) is 7.86. The van der Waals surface area contributed by atoms with Crippen molar-refractivity contribution < 1.29 is 4.74 Å². The van der Waals surface area contributed by atoms with E-state index >= 15 is 0 Å². The summed E-state index contributed by atoms with van der Waals surface area (Å²) in [6.45, 7) is 1.25. The van der Waals surface area contributed by atoms with Gasteiger partial charge in [0.2, 0.25) is 0 Å². The zero-order chi connectivity index (χ0) is 9.52. The van der Waals surface area contributed by atoms with Crippen LogP contribution in [0.5, 0.6) is 0 Å². The molecule has 0 bridgehead atoms. The predicted octanol–water partition coefficient (Wildman–Crippen LogP) is 0.514. The summed E-state index contributed by atoms with van der Waals surface area (Å²) in [6, 6.07) is 0. The number of methoxy groups -OCH3 is 1. The highest BCUT2D eigenvalue weighted by Crippen LogP contribution is 1.97. The van der Waals surface area contributed by atoms with Crippen LogP contribution in [-0.2, 0) is 17.7 Å². The molecule has 0 spiro atoms. The van der Waals surface area contributed by atoms with Crippen LogP contribution in [0.2, 0.25) is 0 Å². The fraction of sp³-hybridized carbons (Fsp3) is 0.556. The summed E-state index contributed by atoms with van der Waals surface area (Å²) in [5, 5.41) is 0. The molecule has 0 aliphatic rings. The van der Waals surface area contributed by atoms with Gasteiger partial charge >= 0.3 is 0 Å². The van der Waals surface area contributed by atoms with Crippen LogP contribution in [0.15, 0.2) is 12.4 Å². The lowest BCUT2D eigenvalue weighted by molar-refractivity contribution is 0.194. The van der Waals surface area contributed by atoms with Crippen molar-refractivity contribution in [2.24, 2.45) is 5.73 Å². The third-order valence-electron chi connectivity index (χ3n) is 1.74. The molecular formula is C9H15N3O. The van der Waals surface area contributed by atoms with Crippen LogP contribution < -0.4 is 5.73 Å². The van der Waals surface area contributed by atoms with Crippen LogP contribution in [0.25, 0.3) is 0 Å². The minimum absolute atomic E-state index is 0.498. The van der Waals surface area contributed by atoms with Gasteiger partial charge in [0.1, 0.15) is 5.82 Å². The fourth-order valence-corrected chi connectivity index (χ4v) is 0.991. The normalized spacial score (nSPS) is 10.3. The summed E-state index contributed by atoms with van der Waals surface area (Å²) in [5.74, 6) is 0.856. The standard InChI is InChI=1S/C9H15N3O/c1-13-4-2-3-9-11-6-8(5-10)7-12-9/h6-7H,2-5,10H2,1H3. The second kappa shape index (κ2) is 5.61. The first-order chi connectivity index (χ1) is 6.36. The smallest absolute Gasteiger partial charge is 0.128 e. The molecule has 1 rings (SSSR count). The summed E-state index contributed by atoms with van der Waals surface area (Å²) < 4.78 is 4.93. The first-order valence-electron chi connectivity index (χ1n) is 4.35. The number of nitrogens with two attached hydrogens (primary N) is 1. The van der Waals surface area contributed by atoms with E-state index in [9.17, 15) is 0 Å². The number of hydrogen-bond acceptors (Lipinski definition) is 4. The molecule has 0 radical (unpaired) electrons. The number of nitrogens with zero attached hydrogens (tertiary/aromatic N) is 2. The molecular weight excluding hydrogens is 166 g/mol. The molecule has 0 aliphatic carbocycles. The Morgan fingerprint density at radius 1 is 1.38 bits per heavy atom. The Hall–Kier alpha value is -1.00. The Morgan fingerprint density at radius 3 is 2.62 bits per heavy atom. The molecule has 0 saturated carbocycles. The number of hydrogen-bond donors (Lipinski definition) is 1. The minimum Gasteiger partial charge on any atom is -0.385 e. The van der Waals surface area contributed by atoms with Crippen molar-refractivity contribution in [3.63, 3.8) is 0 Å². The van der Waals surface area contributed by atoms with Crippen LogP contribution in [0.1, 0.15) is 17.8 Å². The second-order valence-electron chi connectivity index (χ2n) is 2.81. The first-order valence-corrected chi connectivity index (χ1v) is 4.35. The molecule has 0 fully saturated rings. The maximum atomic E-state index is 5.42. The third kappa shape index (κ3) is 3.48. The van der Waals surface area contributed by atoms with E-state index in [-0.39, 0.29) is 0 Å². The Bertz CT molecular complexity index is 235. The van der Waals surface area contributed by atoms with Gasteiger partial charge in [-0.2, -0.15) is 0 Å². The lowest BCUT2D eigenvalue weighted by Crippen LogP contribution is -2.02. The SMILES string of the molecule is COCCCc1ncc(CN)cn1. The summed E-state index contributed by atoms with van der Waals surface area (Å²) in [4.78, 5) is 8.35. The average molecular weight is 181 g/mol. The lowest BCUT2D eigenvalue weighted by atomic mass is 10.3. The van der Waals surface area contributed by atoms with Crippen LogP contribution >= 0.6 is 0 Å². The minimum atomic E-state index is 0.498. The molecule has 72 valence electrons. The van der Waals surface area contributed by atoms with Gasteiger partial charge in [0, 0.05) is 44.6 Å². The zero-order valence-electron chi connectivity index (χ0n) is 7.86. The first kappa shape index (κ1) is 10.1. The highest BCUT2D eigenvalue weighted by Gasteiger charge is 1.96. The Balaban J connectivity index is 2.40. The van der Waals surface area contributed by atoms with Crippen molar-refractivity contribution in [2.45, 2.75) is 19.4 Å². The van der Waals surface area contributed by atoms with Gasteiger partial charge in [0.05, 0.1) is 0 Å². The molecule has 1 heterocycles. The second-order valence-corrected chi connectivity index (χ2v) is 2.81. The van der Waals surface area contributed by atoms with Crippen LogP contribution in [0.3, 0.4) is 0 Å². The molecule has 0 saturated heterocycles. The Labute approximate surface area is 78.1 Å². The topological polar surface area (TPSA) is 61.0 Å². The molecule has 2 N–H and O–H groups in total. The predicted molar refractivity (Wildman–Crippen MR) is 50.1 cm³/mol. The van der Waals surface area contributed by atoms with Crippen molar-refractivity contribution in [3.8, 4) is 0 Å². The Kier molecular flexibility index (Phi) is 4.35. The van der Waals surface area contributed by atoms with Gasteiger partial charge in [-0.05, 0) is 6.42 Å². The van der Waals surface area contributed by atoms with Crippen molar-refractivity contribution in [1.29, 1.82) is 0 Å². The largest absolute Gasteiger partial charge is 0.385 e. The number of rotatable bonds is 5. The Morgan fingerprint density at radius 2 is 2.08 bits per heavy atom. The van der Waals surface area contributed by atoms with Crippen molar-refractivity contribution >= 4 is 0 Å². The van der Waals surface area contributed by atoms with Gasteiger partial charge in [-0.1, -0.05) is 0 Å². The fourth-order valence-electron chi connectivity index (χ4n) is 0.991. The van der Waals surface area contributed by atoms with Crippen LogP contribution in [0, 0.1) is 0 Å². The monoisotopic (exact) mass is 181 g/mol.